The Bertz CT molecular complexity index is 334. The zero-order valence-electron chi connectivity index (χ0n) is 8.63. The van der Waals surface area contributed by atoms with Crippen LogP contribution in [0.15, 0.2) is 16.7 Å². The number of nitrogens with zero attached hydrogens (tertiary/aromatic N) is 2. The van der Waals surface area contributed by atoms with E-state index >= 15 is 0 Å². The highest BCUT2D eigenvalue weighted by molar-refractivity contribution is 9.10. The lowest BCUT2D eigenvalue weighted by atomic mass is 10.3. The third-order valence-electron chi connectivity index (χ3n) is 2.65. The topological polar surface area (TPSA) is 16.1 Å². The van der Waals surface area contributed by atoms with Crippen LogP contribution in [0.2, 0.25) is 0 Å². The number of rotatable bonds is 3. The molecular formula is C11H15BrN2. The minimum atomic E-state index is 0.897. The second-order valence-electron chi connectivity index (χ2n) is 4.09. The Morgan fingerprint density at radius 3 is 2.93 bits per heavy atom. The largest absolute Gasteiger partial charge is 0.358 e. The van der Waals surface area contributed by atoms with E-state index in [4.69, 9.17) is 0 Å². The molecule has 0 aliphatic heterocycles. The fourth-order valence-corrected chi connectivity index (χ4v) is 2.10. The lowest BCUT2D eigenvalue weighted by Crippen LogP contribution is -2.21. The van der Waals surface area contributed by atoms with Crippen LogP contribution in [0.4, 0.5) is 5.82 Å². The van der Waals surface area contributed by atoms with Crippen molar-refractivity contribution in [2.24, 2.45) is 5.92 Å². The number of pyridine rings is 1. The van der Waals surface area contributed by atoms with Gasteiger partial charge in [0.1, 0.15) is 5.82 Å². The molecule has 0 bridgehead atoms. The summed E-state index contributed by atoms with van der Waals surface area (Å²) in [5.41, 5.74) is 1.25. The van der Waals surface area contributed by atoms with E-state index in [-0.39, 0.29) is 0 Å². The summed E-state index contributed by atoms with van der Waals surface area (Å²) in [6, 6.07) is 2.03. The molecule has 2 nitrogen and oxygen atoms in total. The molecule has 1 aliphatic rings. The first-order chi connectivity index (χ1) is 6.68. The summed E-state index contributed by atoms with van der Waals surface area (Å²) in [5.74, 6) is 1.96. The first kappa shape index (κ1) is 9.97. The normalized spacial score (nSPS) is 15.6. The number of hydrogen-bond donors (Lipinski definition) is 0. The van der Waals surface area contributed by atoms with Crippen LogP contribution in [0.3, 0.4) is 0 Å². The molecule has 0 radical (unpaired) electrons. The van der Waals surface area contributed by atoms with Gasteiger partial charge in [-0.1, -0.05) is 0 Å². The lowest BCUT2D eigenvalue weighted by molar-refractivity contribution is 0.775. The number of aryl methyl sites for hydroxylation is 1. The van der Waals surface area contributed by atoms with Crippen LogP contribution < -0.4 is 4.90 Å². The first-order valence-corrected chi connectivity index (χ1v) is 5.80. The van der Waals surface area contributed by atoms with Gasteiger partial charge in [-0.15, -0.1) is 0 Å². The van der Waals surface area contributed by atoms with Gasteiger partial charge < -0.3 is 4.90 Å². The summed E-state index contributed by atoms with van der Waals surface area (Å²) >= 11 is 3.59. The molecule has 0 amide bonds. The molecule has 0 saturated heterocycles. The molecule has 1 aromatic heterocycles. The molecule has 0 atom stereocenters. The maximum absolute atomic E-state index is 4.40. The summed E-state index contributed by atoms with van der Waals surface area (Å²) in [4.78, 5) is 6.64. The number of anilines is 1. The molecule has 1 saturated carbocycles. The highest BCUT2D eigenvalue weighted by Crippen LogP contribution is 2.32. The van der Waals surface area contributed by atoms with Crippen LogP contribution in [0.5, 0.6) is 0 Å². The zero-order chi connectivity index (χ0) is 10.1. The Labute approximate surface area is 93.5 Å². The van der Waals surface area contributed by atoms with Crippen LogP contribution in [0.25, 0.3) is 0 Å². The molecule has 0 N–H and O–H groups in total. The van der Waals surface area contributed by atoms with Crippen LogP contribution >= 0.6 is 15.9 Å². The van der Waals surface area contributed by atoms with Crippen molar-refractivity contribution in [3.8, 4) is 0 Å². The maximum atomic E-state index is 4.40. The standard InChI is InChI=1S/C11H15BrN2/c1-8-5-6-13-11(10(8)12)14(2)7-9-3-4-9/h5-6,9H,3-4,7H2,1-2H3. The highest BCUT2D eigenvalue weighted by Gasteiger charge is 2.24. The summed E-state index contributed by atoms with van der Waals surface area (Å²) in [6.45, 7) is 3.23. The second kappa shape index (κ2) is 3.89. The quantitative estimate of drug-likeness (QED) is 0.825. The summed E-state index contributed by atoms with van der Waals surface area (Å²) in [7, 11) is 2.12. The van der Waals surface area contributed by atoms with Gasteiger partial charge in [0, 0.05) is 19.8 Å². The number of halogens is 1. The van der Waals surface area contributed by atoms with Gasteiger partial charge in [-0.25, -0.2) is 4.98 Å². The molecule has 0 spiro atoms. The first-order valence-electron chi connectivity index (χ1n) is 5.00. The summed E-state index contributed by atoms with van der Waals surface area (Å²) in [5, 5.41) is 0. The van der Waals surface area contributed by atoms with Crippen LogP contribution in [-0.4, -0.2) is 18.6 Å². The monoisotopic (exact) mass is 254 g/mol. The van der Waals surface area contributed by atoms with Gasteiger partial charge in [0.05, 0.1) is 4.47 Å². The molecule has 76 valence electrons. The minimum absolute atomic E-state index is 0.897. The third-order valence-corrected chi connectivity index (χ3v) is 3.63. The van der Waals surface area contributed by atoms with Crippen molar-refractivity contribution in [3.63, 3.8) is 0 Å². The van der Waals surface area contributed by atoms with Gasteiger partial charge in [-0.05, 0) is 53.2 Å². The van der Waals surface area contributed by atoms with Crippen LogP contribution in [-0.2, 0) is 0 Å². The highest BCUT2D eigenvalue weighted by atomic mass is 79.9. The summed E-state index contributed by atoms with van der Waals surface area (Å²) in [6.07, 6.45) is 4.64. The van der Waals surface area contributed by atoms with Crippen molar-refractivity contribution in [1.29, 1.82) is 0 Å². The Kier molecular flexibility index (Phi) is 2.77. The third kappa shape index (κ3) is 2.08. The fraction of sp³-hybridized carbons (Fsp3) is 0.545. The van der Waals surface area contributed by atoms with Crippen molar-refractivity contribution in [2.75, 3.05) is 18.5 Å². The predicted molar refractivity (Wildman–Crippen MR) is 62.7 cm³/mol. The van der Waals surface area contributed by atoms with E-state index in [1.54, 1.807) is 0 Å². The van der Waals surface area contributed by atoms with E-state index in [0.29, 0.717) is 0 Å². The molecule has 2 rings (SSSR count). The van der Waals surface area contributed by atoms with Gasteiger partial charge in [0.15, 0.2) is 0 Å². The molecule has 1 aliphatic carbocycles. The molecule has 1 fully saturated rings. The maximum Gasteiger partial charge on any atom is 0.142 e. The van der Waals surface area contributed by atoms with E-state index < -0.39 is 0 Å². The Morgan fingerprint density at radius 1 is 1.57 bits per heavy atom. The zero-order valence-corrected chi connectivity index (χ0v) is 10.2. The molecule has 1 aromatic rings. The molecule has 1 heterocycles. The lowest BCUT2D eigenvalue weighted by Gasteiger charge is -2.19. The van der Waals surface area contributed by atoms with Crippen LogP contribution in [0, 0.1) is 12.8 Å². The second-order valence-corrected chi connectivity index (χ2v) is 4.88. The fourth-order valence-electron chi connectivity index (χ4n) is 1.57. The Morgan fingerprint density at radius 2 is 2.29 bits per heavy atom. The van der Waals surface area contributed by atoms with E-state index in [9.17, 15) is 0 Å². The number of hydrogen-bond acceptors (Lipinski definition) is 2. The van der Waals surface area contributed by atoms with Crippen molar-refractivity contribution in [1.82, 2.24) is 4.98 Å². The Hall–Kier alpha value is -0.570. The predicted octanol–water partition coefficient (Wildman–Crippen LogP) is 3.00. The van der Waals surface area contributed by atoms with E-state index in [0.717, 1.165) is 22.8 Å². The van der Waals surface area contributed by atoms with Crippen molar-refractivity contribution in [2.45, 2.75) is 19.8 Å². The van der Waals surface area contributed by atoms with Crippen LogP contribution in [0.1, 0.15) is 18.4 Å². The smallest absolute Gasteiger partial charge is 0.142 e. The van der Waals surface area contributed by atoms with Crippen molar-refractivity contribution < 1.29 is 0 Å². The summed E-state index contributed by atoms with van der Waals surface area (Å²) < 4.78 is 1.13. The van der Waals surface area contributed by atoms with Gasteiger partial charge in [0.25, 0.3) is 0 Å². The van der Waals surface area contributed by atoms with E-state index in [1.165, 1.54) is 18.4 Å². The van der Waals surface area contributed by atoms with Gasteiger partial charge >= 0.3 is 0 Å². The average molecular weight is 255 g/mol. The molecule has 0 aromatic carbocycles. The number of aromatic nitrogens is 1. The van der Waals surface area contributed by atoms with E-state index in [2.05, 4.69) is 39.8 Å². The van der Waals surface area contributed by atoms with Gasteiger partial charge in [-0.2, -0.15) is 0 Å². The van der Waals surface area contributed by atoms with Crippen molar-refractivity contribution >= 4 is 21.7 Å². The van der Waals surface area contributed by atoms with E-state index in [1.807, 2.05) is 12.3 Å². The van der Waals surface area contributed by atoms with Crippen molar-refractivity contribution in [3.05, 3.63) is 22.3 Å². The molecular weight excluding hydrogens is 240 g/mol. The minimum Gasteiger partial charge on any atom is -0.358 e. The van der Waals surface area contributed by atoms with Gasteiger partial charge in [0.2, 0.25) is 0 Å². The average Bonchev–Trinajstić information content (AvgIpc) is 2.93. The molecule has 0 unspecified atom stereocenters. The molecule has 3 heteroatoms. The SMILES string of the molecule is Cc1ccnc(N(C)CC2CC2)c1Br. The Balaban J connectivity index is 2.16. The van der Waals surface area contributed by atoms with Gasteiger partial charge in [-0.3, -0.25) is 0 Å². The molecule has 14 heavy (non-hydrogen) atoms.